The molecule has 2 aromatic carbocycles. The van der Waals surface area contributed by atoms with Crippen LogP contribution in [0.4, 0.5) is 18.0 Å². The van der Waals surface area contributed by atoms with Gasteiger partial charge in [0.1, 0.15) is 11.4 Å². The summed E-state index contributed by atoms with van der Waals surface area (Å²) in [4.78, 5) is 23.9. The van der Waals surface area contributed by atoms with Crippen molar-refractivity contribution in [3.8, 4) is 28.1 Å². The second-order valence-corrected chi connectivity index (χ2v) is 8.05. The van der Waals surface area contributed by atoms with Crippen LogP contribution in [0.1, 0.15) is 28.5 Å². The van der Waals surface area contributed by atoms with Gasteiger partial charge >= 0.3 is 12.4 Å². The molecule has 0 radical (unpaired) electrons. The van der Waals surface area contributed by atoms with E-state index in [1.165, 1.54) is 18.2 Å². The first-order chi connectivity index (χ1) is 16.1. The Morgan fingerprint density at radius 3 is 2.62 bits per heavy atom. The van der Waals surface area contributed by atoms with Crippen molar-refractivity contribution < 1.29 is 27.5 Å². The number of ether oxygens (including phenoxy) is 1. The van der Waals surface area contributed by atoms with Gasteiger partial charge in [-0.1, -0.05) is 35.9 Å². The van der Waals surface area contributed by atoms with Crippen LogP contribution in [-0.2, 0) is 0 Å². The molecule has 0 unspecified atom stereocenters. The number of hydrogen-bond acceptors (Lipinski definition) is 3. The summed E-state index contributed by atoms with van der Waals surface area (Å²) < 4.78 is 44.4. The Morgan fingerprint density at radius 1 is 1.18 bits per heavy atom. The molecule has 7 nitrogen and oxygen atoms in total. The van der Waals surface area contributed by atoms with Crippen molar-refractivity contribution in [2.75, 3.05) is 13.1 Å². The summed E-state index contributed by atoms with van der Waals surface area (Å²) >= 11 is 0. The van der Waals surface area contributed by atoms with Gasteiger partial charge in [0.05, 0.1) is 11.7 Å². The summed E-state index contributed by atoms with van der Waals surface area (Å²) in [5, 5.41) is 5.41. The molecule has 34 heavy (non-hydrogen) atoms. The maximum Gasteiger partial charge on any atom is 0.573 e. The van der Waals surface area contributed by atoms with Gasteiger partial charge in [-0.25, -0.2) is 4.79 Å². The molecule has 1 aromatic heterocycles. The predicted molar refractivity (Wildman–Crippen MR) is 120 cm³/mol. The molecule has 178 valence electrons. The molecule has 0 saturated carbocycles. The zero-order valence-electron chi connectivity index (χ0n) is 18.3. The molecule has 1 aliphatic rings. The Bertz CT molecular complexity index is 1240. The van der Waals surface area contributed by atoms with E-state index < -0.39 is 12.4 Å². The van der Waals surface area contributed by atoms with Crippen LogP contribution in [0.25, 0.3) is 22.4 Å². The molecule has 3 aromatic rings. The van der Waals surface area contributed by atoms with E-state index in [4.69, 9.17) is 5.73 Å². The minimum absolute atomic E-state index is 0.210. The van der Waals surface area contributed by atoms with Gasteiger partial charge in [-0.05, 0) is 48.7 Å². The van der Waals surface area contributed by atoms with Gasteiger partial charge in [-0.3, -0.25) is 4.79 Å². The zero-order valence-corrected chi connectivity index (χ0v) is 18.3. The molecular formula is C24H23F3N4O3. The lowest BCUT2D eigenvalue weighted by Crippen LogP contribution is -2.40. The third kappa shape index (κ3) is 5.00. The van der Waals surface area contributed by atoms with Crippen molar-refractivity contribution >= 4 is 11.9 Å². The van der Waals surface area contributed by atoms with Gasteiger partial charge in [0.15, 0.2) is 0 Å². The fourth-order valence-corrected chi connectivity index (χ4v) is 4.23. The number of urea groups is 1. The largest absolute Gasteiger partial charge is 0.573 e. The number of amides is 3. The molecule has 1 aliphatic heterocycles. The Morgan fingerprint density at radius 2 is 1.91 bits per heavy atom. The van der Waals surface area contributed by atoms with Crippen LogP contribution >= 0.6 is 0 Å². The number of nitrogens with two attached hydrogens (primary N) is 1. The van der Waals surface area contributed by atoms with Crippen molar-refractivity contribution in [2.45, 2.75) is 25.7 Å². The van der Waals surface area contributed by atoms with Crippen LogP contribution in [0.2, 0.25) is 0 Å². The lowest BCUT2D eigenvalue weighted by atomic mass is 9.99. The first kappa shape index (κ1) is 23.2. The summed E-state index contributed by atoms with van der Waals surface area (Å²) in [5.41, 5.74) is 9.12. The fraction of sp³-hybridized carbons (Fsp3) is 0.250. The second-order valence-electron chi connectivity index (χ2n) is 8.05. The first-order valence-corrected chi connectivity index (χ1v) is 10.6. The first-order valence-electron chi connectivity index (χ1n) is 10.6. The van der Waals surface area contributed by atoms with E-state index in [2.05, 4.69) is 15.4 Å². The highest BCUT2D eigenvalue weighted by Crippen LogP contribution is 2.40. The Kier molecular flexibility index (Phi) is 6.23. The minimum atomic E-state index is -4.82. The van der Waals surface area contributed by atoms with E-state index in [0.29, 0.717) is 42.0 Å². The molecule has 4 rings (SSSR count). The highest BCUT2D eigenvalue weighted by molar-refractivity contribution is 5.98. The molecular weight excluding hydrogens is 449 g/mol. The number of benzene rings is 2. The summed E-state index contributed by atoms with van der Waals surface area (Å²) in [5.74, 6) is -0.641. The molecule has 0 saturated heterocycles. The van der Waals surface area contributed by atoms with Crippen LogP contribution < -0.4 is 21.1 Å². The average molecular weight is 472 g/mol. The zero-order chi connectivity index (χ0) is 24.5. The fourth-order valence-electron chi connectivity index (χ4n) is 4.23. The number of aromatic nitrogens is 1. The monoisotopic (exact) mass is 472 g/mol. The number of halogens is 3. The van der Waals surface area contributed by atoms with Crippen LogP contribution in [0, 0.1) is 6.92 Å². The van der Waals surface area contributed by atoms with Gasteiger partial charge in [0.25, 0.3) is 5.91 Å². The smallest absolute Gasteiger partial charge is 0.406 e. The van der Waals surface area contributed by atoms with E-state index >= 15 is 0 Å². The van der Waals surface area contributed by atoms with E-state index in [1.807, 2.05) is 35.8 Å². The number of hydrogen-bond donors (Lipinski definition) is 3. The second kappa shape index (κ2) is 9.12. The number of carbonyl (C=O) groups excluding carboxylic acids is 2. The van der Waals surface area contributed by atoms with Crippen molar-refractivity contribution in [2.24, 2.45) is 5.73 Å². The standard InChI is InChI=1S/C24H23F3N4O3/c1-14-4-2-6-16(10-14)21-19(15-5-3-7-18(11-15)34-24(25,26)27)12-20-22(32)30-13-17(31(20)21)8-9-29-23(28)33/h2-7,10-12,17H,8-9,13H2,1H3,(H,30,32)(H3,28,29,33)/t17-/m0/s1. The topological polar surface area (TPSA) is 98.4 Å². The summed E-state index contributed by atoms with van der Waals surface area (Å²) in [7, 11) is 0. The SMILES string of the molecule is Cc1cccc(-c2c(-c3cccc(OC(F)(F)F)c3)cc3n2[C@@H](CCNC(N)=O)CNC3=O)c1. The maximum absolute atomic E-state index is 12.8. The minimum Gasteiger partial charge on any atom is -0.406 e. The van der Waals surface area contributed by atoms with Crippen LogP contribution in [0.5, 0.6) is 5.75 Å². The lowest BCUT2D eigenvalue weighted by Gasteiger charge is -2.29. The predicted octanol–water partition coefficient (Wildman–Crippen LogP) is 4.37. The Balaban J connectivity index is 1.87. The van der Waals surface area contributed by atoms with E-state index in [-0.39, 0.29) is 17.7 Å². The third-order valence-corrected chi connectivity index (χ3v) is 5.58. The molecule has 1 atom stereocenters. The van der Waals surface area contributed by atoms with Crippen LogP contribution in [-0.4, -0.2) is 36.0 Å². The number of primary amides is 1. The number of fused-ring (bicyclic) bond motifs is 1. The van der Waals surface area contributed by atoms with Crippen molar-refractivity contribution in [3.05, 3.63) is 65.9 Å². The Hall–Kier alpha value is -3.95. The molecule has 10 heteroatoms. The summed E-state index contributed by atoms with van der Waals surface area (Å²) in [6.07, 6.45) is -4.34. The highest BCUT2D eigenvalue weighted by atomic mass is 19.4. The maximum atomic E-state index is 12.8. The van der Waals surface area contributed by atoms with Crippen molar-refractivity contribution in [3.63, 3.8) is 0 Å². The molecule has 0 bridgehead atoms. The van der Waals surface area contributed by atoms with Crippen molar-refractivity contribution in [1.82, 2.24) is 15.2 Å². The van der Waals surface area contributed by atoms with Gasteiger partial charge in [-0.2, -0.15) is 0 Å². The van der Waals surface area contributed by atoms with Gasteiger partial charge in [-0.15, -0.1) is 13.2 Å². The lowest BCUT2D eigenvalue weighted by molar-refractivity contribution is -0.274. The molecule has 0 aliphatic carbocycles. The average Bonchev–Trinajstić information content (AvgIpc) is 3.16. The molecule has 0 spiro atoms. The van der Waals surface area contributed by atoms with Crippen LogP contribution in [0.15, 0.2) is 54.6 Å². The van der Waals surface area contributed by atoms with Gasteiger partial charge in [0, 0.05) is 18.7 Å². The number of carbonyl (C=O) groups is 2. The number of nitrogens with one attached hydrogen (secondary N) is 2. The number of aryl methyl sites for hydroxylation is 1. The van der Waals surface area contributed by atoms with Crippen molar-refractivity contribution in [1.29, 1.82) is 0 Å². The van der Waals surface area contributed by atoms with Gasteiger partial charge < -0.3 is 25.7 Å². The molecule has 0 fully saturated rings. The van der Waals surface area contributed by atoms with E-state index in [1.54, 1.807) is 12.1 Å². The Labute approximate surface area is 193 Å². The molecule has 2 heterocycles. The van der Waals surface area contributed by atoms with E-state index in [0.717, 1.165) is 11.1 Å². The summed E-state index contributed by atoms with van der Waals surface area (Å²) in [6.45, 7) is 2.56. The normalized spacial score (nSPS) is 15.4. The number of alkyl halides is 3. The number of rotatable bonds is 6. The van der Waals surface area contributed by atoms with Gasteiger partial charge in [0.2, 0.25) is 0 Å². The number of nitrogens with zero attached hydrogens (tertiary/aromatic N) is 1. The van der Waals surface area contributed by atoms with Crippen LogP contribution in [0.3, 0.4) is 0 Å². The quantitative estimate of drug-likeness (QED) is 0.497. The highest BCUT2D eigenvalue weighted by Gasteiger charge is 2.33. The molecule has 3 amide bonds. The van der Waals surface area contributed by atoms with E-state index in [9.17, 15) is 22.8 Å². The third-order valence-electron chi connectivity index (χ3n) is 5.58. The summed E-state index contributed by atoms with van der Waals surface area (Å²) in [6, 6.07) is 14.1. The molecule has 4 N–H and O–H groups in total.